The Hall–Kier alpha value is -4.60. The highest BCUT2D eigenvalue weighted by Gasteiger charge is 2.34. The van der Waals surface area contributed by atoms with Crippen molar-refractivity contribution in [1.29, 1.82) is 0 Å². The van der Waals surface area contributed by atoms with E-state index >= 15 is 0 Å². The van der Waals surface area contributed by atoms with Gasteiger partial charge in [-0.15, -0.1) is 0 Å². The van der Waals surface area contributed by atoms with E-state index in [1.807, 2.05) is 57.2 Å². The summed E-state index contributed by atoms with van der Waals surface area (Å²) in [6, 6.07) is 23.5. The third-order valence-corrected chi connectivity index (χ3v) is 8.90. The highest BCUT2D eigenvalue weighted by Crippen LogP contribution is 2.47. The Kier molecular flexibility index (Phi) is 10.9. The number of carbonyl (C=O) groups excluding carboxylic acids is 3. The summed E-state index contributed by atoms with van der Waals surface area (Å²) in [5.74, 6) is -2.75. The molecule has 0 fully saturated rings. The average Bonchev–Trinajstić information content (AvgIpc) is 3.07. The van der Waals surface area contributed by atoms with Gasteiger partial charge in [0.05, 0.1) is 16.5 Å². The number of hydrogen-bond donors (Lipinski definition) is 0. The molecular weight excluding hydrogens is 740 g/mol. The van der Waals surface area contributed by atoms with Crippen molar-refractivity contribution >= 4 is 60.6 Å². The van der Waals surface area contributed by atoms with Crippen LogP contribution in [0.4, 0.5) is 0 Å². The van der Waals surface area contributed by atoms with Crippen molar-refractivity contribution in [2.75, 3.05) is 0 Å². The van der Waals surface area contributed by atoms with Gasteiger partial charge >= 0.3 is 17.6 Å². The lowest BCUT2D eigenvalue weighted by atomic mass is 9.89. The summed E-state index contributed by atoms with van der Waals surface area (Å²) in [5, 5.41) is 0.235. The van der Waals surface area contributed by atoms with Crippen LogP contribution >= 0.6 is 31.9 Å². The van der Waals surface area contributed by atoms with Gasteiger partial charge in [0.15, 0.2) is 17.3 Å². The minimum atomic E-state index is -0.755. The zero-order valence-electron chi connectivity index (χ0n) is 26.8. The fourth-order valence-electron chi connectivity index (χ4n) is 5.10. The first-order valence-electron chi connectivity index (χ1n) is 15.3. The van der Waals surface area contributed by atoms with Crippen LogP contribution in [0.5, 0.6) is 11.5 Å². The van der Waals surface area contributed by atoms with Crippen LogP contribution in [0.15, 0.2) is 115 Å². The molecule has 9 heteroatoms. The summed E-state index contributed by atoms with van der Waals surface area (Å²) in [6.45, 7) is 7.43. The number of halogens is 2. The molecule has 0 bridgehead atoms. The molecule has 0 N–H and O–H groups in total. The number of fused-ring (bicyclic) bond motifs is 1. The topological polar surface area (TPSA) is 99.9 Å². The quantitative estimate of drug-likeness (QED) is 0.0458. The van der Waals surface area contributed by atoms with Crippen molar-refractivity contribution in [1.82, 2.24) is 0 Å². The fraction of sp³-hybridized carbons (Fsp3) is 0.179. The lowest BCUT2D eigenvalue weighted by molar-refractivity contribution is 0.0726. The van der Waals surface area contributed by atoms with Crippen LogP contribution in [0.2, 0.25) is 0 Å². The van der Waals surface area contributed by atoms with Gasteiger partial charge in [-0.1, -0.05) is 87.7 Å². The van der Waals surface area contributed by atoms with E-state index in [2.05, 4.69) is 31.9 Å². The summed E-state index contributed by atoms with van der Waals surface area (Å²) in [4.78, 5) is 55.3. The molecule has 1 atom stereocenters. The zero-order valence-corrected chi connectivity index (χ0v) is 29.9. The Morgan fingerprint density at radius 2 is 1.35 bits per heavy atom. The van der Waals surface area contributed by atoms with Crippen LogP contribution in [0.25, 0.3) is 22.1 Å². The van der Waals surface area contributed by atoms with Crippen molar-refractivity contribution in [2.45, 2.75) is 40.5 Å². The molecule has 0 amide bonds. The van der Waals surface area contributed by atoms with E-state index in [9.17, 15) is 19.2 Å². The third kappa shape index (κ3) is 7.58. The third-order valence-electron chi connectivity index (χ3n) is 7.85. The molecule has 5 rings (SSSR count). The Morgan fingerprint density at radius 3 is 1.88 bits per heavy atom. The molecule has 0 spiro atoms. The monoisotopic (exact) mass is 770 g/mol. The molecule has 0 saturated carbocycles. The highest BCUT2D eigenvalue weighted by molar-refractivity contribution is 9.10. The van der Waals surface area contributed by atoms with Gasteiger partial charge in [0.25, 0.3) is 0 Å². The maximum absolute atomic E-state index is 14.5. The maximum Gasteiger partial charge on any atom is 0.343 e. The minimum absolute atomic E-state index is 0.0387. The summed E-state index contributed by atoms with van der Waals surface area (Å²) in [5.41, 5.74) is 1.98. The van der Waals surface area contributed by atoms with Crippen LogP contribution in [0, 0.1) is 5.92 Å². The van der Waals surface area contributed by atoms with E-state index in [4.69, 9.17) is 13.9 Å². The van der Waals surface area contributed by atoms with E-state index in [0.29, 0.717) is 23.1 Å². The first-order valence-corrected chi connectivity index (χ1v) is 16.9. The number of hydrogen-bond acceptors (Lipinski definition) is 7. The van der Waals surface area contributed by atoms with Crippen LogP contribution in [0.3, 0.4) is 0 Å². The van der Waals surface area contributed by atoms with E-state index < -0.39 is 29.3 Å². The van der Waals surface area contributed by atoms with Gasteiger partial charge in [-0.25, -0.2) is 14.4 Å². The van der Waals surface area contributed by atoms with Crippen molar-refractivity contribution < 1.29 is 28.3 Å². The summed E-state index contributed by atoms with van der Waals surface area (Å²) in [6.07, 6.45) is 2.48. The smallest absolute Gasteiger partial charge is 0.343 e. The number of carbonyl (C=O) groups is 3. The summed E-state index contributed by atoms with van der Waals surface area (Å²) >= 11 is 6.77. The maximum atomic E-state index is 14.5. The predicted octanol–water partition coefficient (Wildman–Crippen LogP) is 10.2. The molecule has 4 aromatic carbocycles. The molecule has 48 heavy (non-hydrogen) atoms. The Bertz CT molecular complexity index is 2090. The van der Waals surface area contributed by atoms with Gasteiger partial charge in [-0.2, -0.15) is 0 Å². The van der Waals surface area contributed by atoms with Crippen LogP contribution in [-0.4, -0.2) is 17.7 Å². The SMILES string of the molecule is CCC(C)C(=O)c1c(OC(=O)c2ccc(Br)cc2)c(CC=C(C)C)c2oc(=O)cc(-c3ccccc3)c2c1OC(=O)c1ccc(Br)cc1. The number of rotatable bonds is 10. The zero-order chi connectivity index (χ0) is 34.5. The van der Waals surface area contributed by atoms with E-state index in [1.54, 1.807) is 55.5 Å². The molecule has 1 heterocycles. The van der Waals surface area contributed by atoms with Crippen molar-refractivity contribution in [2.24, 2.45) is 5.92 Å². The lowest BCUT2D eigenvalue weighted by Crippen LogP contribution is -2.20. The van der Waals surface area contributed by atoms with Crippen LogP contribution in [0.1, 0.15) is 70.8 Å². The molecular formula is C39H32Br2O7. The molecule has 0 aliphatic carbocycles. The van der Waals surface area contributed by atoms with Gasteiger partial charge in [-0.3, -0.25) is 4.79 Å². The second-order valence-electron chi connectivity index (χ2n) is 11.5. The van der Waals surface area contributed by atoms with E-state index in [-0.39, 0.29) is 45.6 Å². The van der Waals surface area contributed by atoms with Crippen molar-refractivity contribution in [3.05, 3.63) is 138 Å². The van der Waals surface area contributed by atoms with E-state index in [1.165, 1.54) is 6.07 Å². The number of Topliss-reactive ketones (excluding diaryl/α,β-unsaturated/α-hetero) is 1. The van der Waals surface area contributed by atoms with Crippen molar-refractivity contribution in [3.63, 3.8) is 0 Å². The number of ketones is 1. The Labute approximate surface area is 294 Å². The first-order chi connectivity index (χ1) is 23.0. The molecule has 0 radical (unpaired) electrons. The van der Waals surface area contributed by atoms with Crippen molar-refractivity contribution in [3.8, 4) is 22.6 Å². The number of ether oxygens (including phenoxy) is 2. The highest BCUT2D eigenvalue weighted by atomic mass is 79.9. The predicted molar refractivity (Wildman–Crippen MR) is 193 cm³/mol. The second kappa shape index (κ2) is 15.1. The van der Waals surface area contributed by atoms with Crippen LogP contribution in [-0.2, 0) is 6.42 Å². The molecule has 244 valence electrons. The summed E-state index contributed by atoms with van der Waals surface area (Å²) in [7, 11) is 0. The molecule has 7 nitrogen and oxygen atoms in total. The van der Waals surface area contributed by atoms with Gasteiger partial charge in [0.2, 0.25) is 0 Å². The fourth-order valence-corrected chi connectivity index (χ4v) is 5.62. The van der Waals surface area contributed by atoms with Crippen LogP contribution < -0.4 is 15.1 Å². The molecule has 0 saturated heterocycles. The molecule has 1 aromatic heterocycles. The Morgan fingerprint density at radius 1 is 0.812 bits per heavy atom. The Balaban J connectivity index is 1.94. The standard InChI is InChI=1S/C39H32Br2O7/c1-5-23(4)34(43)33-36(47-38(44)25-12-16-27(40)17-13-25)29(20-11-22(2)3)35-32(30(21-31(42)46-35)24-9-7-6-8-10-24)37(33)48-39(45)26-14-18-28(41)19-15-26/h6-19,21,23H,5,20H2,1-4H3. The van der Waals surface area contributed by atoms with E-state index in [0.717, 1.165) is 14.5 Å². The lowest BCUT2D eigenvalue weighted by Gasteiger charge is -2.22. The molecule has 0 aliphatic heterocycles. The van der Waals surface area contributed by atoms with Gasteiger partial charge in [0, 0.05) is 32.1 Å². The second-order valence-corrected chi connectivity index (χ2v) is 13.3. The number of benzene rings is 4. The number of allylic oxidation sites excluding steroid dienone is 2. The minimum Gasteiger partial charge on any atom is -0.422 e. The van der Waals surface area contributed by atoms with Gasteiger partial charge < -0.3 is 13.9 Å². The number of esters is 2. The average molecular weight is 772 g/mol. The molecule has 1 unspecified atom stereocenters. The summed E-state index contributed by atoms with van der Waals surface area (Å²) < 4.78 is 19.7. The normalized spacial score (nSPS) is 11.5. The first kappa shape index (κ1) is 34.7. The van der Waals surface area contributed by atoms with Gasteiger partial charge in [0.1, 0.15) is 11.1 Å². The largest absolute Gasteiger partial charge is 0.422 e. The molecule has 5 aromatic rings. The molecule has 0 aliphatic rings. The van der Waals surface area contributed by atoms with Gasteiger partial charge in [-0.05, 0) is 80.8 Å².